The second-order valence-electron chi connectivity index (χ2n) is 5.34. The Morgan fingerprint density at radius 2 is 2.20 bits per heavy atom. The summed E-state index contributed by atoms with van der Waals surface area (Å²) in [6.07, 6.45) is 8.08. The number of carbonyl (C=O) groups excluding carboxylic acids is 1. The summed E-state index contributed by atoms with van der Waals surface area (Å²) in [6.45, 7) is 4.19. The van der Waals surface area contributed by atoms with Gasteiger partial charge in [0.05, 0.1) is 0 Å². The number of hydrogen-bond acceptors (Lipinski definition) is 2. The van der Waals surface area contributed by atoms with Crippen LogP contribution in [-0.4, -0.2) is 18.9 Å². The standard InChI is InChI=1S/C13H23NO/c1-2-13(7-4-8-14-10-13)12(15)9-11-5-3-6-11/h11,14H,2-10H2,1H3. The maximum Gasteiger partial charge on any atom is 0.140 e. The summed E-state index contributed by atoms with van der Waals surface area (Å²) in [4.78, 5) is 12.3. The van der Waals surface area contributed by atoms with Gasteiger partial charge >= 0.3 is 0 Å². The molecular weight excluding hydrogens is 186 g/mol. The number of rotatable bonds is 4. The number of nitrogens with one attached hydrogen (secondary N) is 1. The largest absolute Gasteiger partial charge is 0.316 e. The summed E-state index contributed by atoms with van der Waals surface area (Å²) >= 11 is 0. The van der Waals surface area contributed by atoms with Crippen molar-refractivity contribution in [3.05, 3.63) is 0 Å². The molecular formula is C13H23NO. The first-order valence-corrected chi connectivity index (χ1v) is 6.51. The van der Waals surface area contributed by atoms with Gasteiger partial charge in [0.1, 0.15) is 5.78 Å². The third kappa shape index (κ3) is 2.25. The fraction of sp³-hybridized carbons (Fsp3) is 0.923. The molecule has 86 valence electrons. The molecule has 1 aliphatic heterocycles. The van der Waals surface area contributed by atoms with Crippen LogP contribution in [0.1, 0.15) is 51.9 Å². The van der Waals surface area contributed by atoms with Crippen LogP contribution in [0.25, 0.3) is 0 Å². The van der Waals surface area contributed by atoms with E-state index in [2.05, 4.69) is 12.2 Å². The molecule has 1 saturated carbocycles. The molecule has 0 aromatic heterocycles. The van der Waals surface area contributed by atoms with Gasteiger partial charge in [-0.05, 0) is 31.7 Å². The van der Waals surface area contributed by atoms with Crippen LogP contribution in [0.15, 0.2) is 0 Å². The molecule has 1 atom stereocenters. The second kappa shape index (κ2) is 4.65. The van der Waals surface area contributed by atoms with E-state index in [1.807, 2.05) is 0 Å². The molecule has 0 spiro atoms. The van der Waals surface area contributed by atoms with Crippen molar-refractivity contribution in [2.45, 2.75) is 51.9 Å². The minimum absolute atomic E-state index is 0.00611. The van der Waals surface area contributed by atoms with Gasteiger partial charge < -0.3 is 5.32 Å². The summed E-state index contributed by atoms with van der Waals surface area (Å²) in [5.41, 5.74) is -0.00611. The molecule has 0 radical (unpaired) electrons. The molecule has 2 heteroatoms. The SMILES string of the molecule is CCC1(C(=O)CC2CCC2)CCCNC1. The lowest BCUT2D eigenvalue weighted by atomic mass is 9.70. The molecule has 1 unspecified atom stereocenters. The highest BCUT2D eigenvalue weighted by Crippen LogP contribution is 2.37. The Morgan fingerprint density at radius 1 is 1.40 bits per heavy atom. The molecule has 2 fully saturated rings. The number of ketones is 1. The van der Waals surface area contributed by atoms with Crippen LogP contribution in [0.3, 0.4) is 0 Å². The van der Waals surface area contributed by atoms with Crippen LogP contribution in [0.4, 0.5) is 0 Å². The number of carbonyl (C=O) groups is 1. The van der Waals surface area contributed by atoms with Crippen molar-refractivity contribution in [3.63, 3.8) is 0 Å². The van der Waals surface area contributed by atoms with E-state index in [0.29, 0.717) is 5.78 Å². The van der Waals surface area contributed by atoms with Gasteiger partial charge in [-0.3, -0.25) is 4.79 Å². The Labute approximate surface area is 92.8 Å². The monoisotopic (exact) mass is 209 g/mol. The Hall–Kier alpha value is -0.370. The molecule has 0 amide bonds. The summed E-state index contributed by atoms with van der Waals surface area (Å²) in [5, 5.41) is 3.40. The van der Waals surface area contributed by atoms with Crippen LogP contribution in [0.5, 0.6) is 0 Å². The molecule has 2 rings (SSSR count). The van der Waals surface area contributed by atoms with Gasteiger partial charge in [-0.15, -0.1) is 0 Å². The zero-order valence-corrected chi connectivity index (χ0v) is 9.85. The Bertz CT molecular complexity index is 227. The second-order valence-corrected chi connectivity index (χ2v) is 5.34. The molecule has 0 aromatic carbocycles. The van der Waals surface area contributed by atoms with Gasteiger partial charge in [0.2, 0.25) is 0 Å². The lowest BCUT2D eigenvalue weighted by Gasteiger charge is -2.37. The molecule has 0 bridgehead atoms. The predicted octanol–water partition coefficient (Wildman–Crippen LogP) is 2.53. The molecule has 1 heterocycles. The Balaban J connectivity index is 1.93. The third-order valence-corrected chi connectivity index (χ3v) is 4.44. The highest BCUT2D eigenvalue weighted by molar-refractivity contribution is 5.85. The van der Waals surface area contributed by atoms with Gasteiger partial charge in [-0.1, -0.05) is 26.2 Å². The van der Waals surface area contributed by atoms with E-state index in [-0.39, 0.29) is 5.41 Å². The number of piperidine rings is 1. The summed E-state index contributed by atoms with van der Waals surface area (Å²) in [6, 6.07) is 0. The summed E-state index contributed by atoms with van der Waals surface area (Å²) in [7, 11) is 0. The first-order chi connectivity index (χ1) is 7.27. The minimum Gasteiger partial charge on any atom is -0.316 e. The maximum absolute atomic E-state index is 12.3. The Kier molecular flexibility index (Phi) is 3.45. The highest BCUT2D eigenvalue weighted by Gasteiger charge is 2.38. The van der Waals surface area contributed by atoms with Crippen molar-refractivity contribution in [2.75, 3.05) is 13.1 Å². The lowest BCUT2D eigenvalue weighted by Crippen LogP contribution is -2.45. The minimum atomic E-state index is -0.00611. The quantitative estimate of drug-likeness (QED) is 0.771. The van der Waals surface area contributed by atoms with Crippen molar-refractivity contribution < 1.29 is 4.79 Å². The third-order valence-electron chi connectivity index (χ3n) is 4.44. The van der Waals surface area contributed by atoms with Crippen molar-refractivity contribution in [2.24, 2.45) is 11.3 Å². The maximum atomic E-state index is 12.3. The summed E-state index contributed by atoms with van der Waals surface area (Å²) < 4.78 is 0. The van der Waals surface area contributed by atoms with E-state index >= 15 is 0 Å². The van der Waals surface area contributed by atoms with Crippen molar-refractivity contribution in [1.82, 2.24) is 5.32 Å². The lowest BCUT2D eigenvalue weighted by molar-refractivity contribution is -0.131. The average molecular weight is 209 g/mol. The molecule has 2 nitrogen and oxygen atoms in total. The van der Waals surface area contributed by atoms with Crippen LogP contribution in [-0.2, 0) is 4.79 Å². The van der Waals surface area contributed by atoms with Crippen LogP contribution < -0.4 is 5.32 Å². The fourth-order valence-corrected chi connectivity index (χ4v) is 2.88. The fourth-order valence-electron chi connectivity index (χ4n) is 2.88. The normalized spacial score (nSPS) is 32.3. The van der Waals surface area contributed by atoms with Crippen molar-refractivity contribution in [3.8, 4) is 0 Å². The van der Waals surface area contributed by atoms with E-state index in [1.165, 1.54) is 25.7 Å². The predicted molar refractivity (Wildman–Crippen MR) is 61.8 cm³/mol. The van der Waals surface area contributed by atoms with Gasteiger partial charge in [-0.2, -0.15) is 0 Å². The van der Waals surface area contributed by atoms with E-state index in [1.54, 1.807) is 0 Å². The number of hydrogen-bond donors (Lipinski definition) is 1. The van der Waals surface area contributed by atoms with Gasteiger partial charge in [-0.25, -0.2) is 0 Å². The zero-order valence-electron chi connectivity index (χ0n) is 9.85. The van der Waals surface area contributed by atoms with E-state index < -0.39 is 0 Å². The van der Waals surface area contributed by atoms with E-state index in [4.69, 9.17) is 0 Å². The molecule has 1 N–H and O–H groups in total. The van der Waals surface area contributed by atoms with E-state index in [9.17, 15) is 4.79 Å². The molecule has 1 saturated heterocycles. The first-order valence-electron chi connectivity index (χ1n) is 6.51. The van der Waals surface area contributed by atoms with Crippen molar-refractivity contribution in [1.29, 1.82) is 0 Å². The van der Waals surface area contributed by atoms with Crippen molar-refractivity contribution >= 4 is 5.78 Å². The smallest absolute Gasteiger partial charge is 0.140 e. The molecule has 1 aliphatic carbocycles. The first kappa shape index (κ1) is 11.1. The van der Waals surface area contributed by atoms with Crippen LogP contribution in [0.2, 0.25) is 0 Å². The molecule has 2 aliphatic rings. The molecule has 0 aromatic rings. The average Bonchev–Trinajstić information content (AvgIpc) is 2.24. The summed E-state index contributed by atoms with van der Waals surface area (Å²) in [5.74, 6) is 1.27. The molecule has 15 heavy (non-hydrogen) atoms. The van der Waals surface area contributed by atoms with Crippen LogP contribution in [0, 0.1) is 11.3 Å². The zero-order chi connectivity index (χ0) is 10.7. The number of Topliss-reactive ketones (excluding diaryl/α,β-unsaturated/α-hetero) is 1. The van der Waals surface area contributed by atoms with Gasteiger partial charge in [0, 0.05) is 18.4 Å². The van der Waals surface area contributed by atoms with Gasteiger partial charge in [0.15, 0.2) is 0 Å². The van der Waals surface area contributed by atoms with E-state index in [0.717, 1.165) is 38.3 Å². The topological polar surface area (TPSA) is 29.1 Å². The highest BCUT2D eigenvalue weighted by atomic mass is 16.1. The van der Waals surface area contributed by atoms with Gasteiger partial charge in [0.25, 0.3) is 0 Å². The van der Waals surface area contributed by atoms with Crippen LogP contribution >= 0.6 is 0 Å². The Morgan fingerprint density at radius 3 is 2.67 bits per heavy atom.